The predicted molar refractivity (Wildman–Crippen MR) is 77.9 cm³/mol. The second-order valence-corrected chi connectivity index (χ2v) is 5.86. The van der Waals surface area contributed by atoms with Gasteiger partial charge in [-0.15, -0.1) is 11.3 Å². The summed E-state index contributed by atoms with van der Waals surface area (Å²) in [7, 11) is 0. The Morgan fingerprint density at radius 3 is 2.84 bits per heavy atom. The number of carbonyl (C=O) groups excluding carboxylic acids is 1. The number of nitrogens with zero attached hydrogens (tertiary/aromatic N) is 1. The molecule has 3 aromatic rings. The van der Waals surface area contributed by atoms with Crippen LogP contribution in [0.25, 0.3) is 10.9 Å². The van der Waals surface area contributed by atoms with Gasteiger partial charge in [-0.25, -0.2) is 4.98 Å². The summed E-state index contributed by atoms with van der Waals surface area (Å²) in [4.78, 5) is 20.7. The lowest BCUT2D eigenvalue weighted by molar-refractivity contribution is 0.104. The number of para-hydroxylation sites is 1. The summed E-state index contributed by atoms with van der Waals surface area (Å²) in [5.74, 6) is 0.399. The SMILES string of the molecule is CC(C)c1ncc(C(=O)c2c[nH]c3ccccc23)s1. The smallest absolute Gasteiger partial charge is 0.206 e. The Hall–Kier alpha value is -1.94. The fraction of sp³-hybridized carbons (Fsp3) is 0.200. The molecule has 0 unspecified atom stereocenters. The minimum atomic E-state index is 0.0434. The number of H-pyrrole nitrogens is 1. The molecule has 1 aromatic carbocycles. The van der Waals surface area contributed by atoms with Crippen LogP contribution in [0.2, 0.25) is 0 Å². The van der Waals surface area contributed by atoms with Crippen LogP contribution < -0.4 is 0 Å². The zero-order valence-electron chi connectivity index (χ0n) is 10.8. The summed E-state index contributed by atoms with van der Waals surface area (Å²) in [5.41, 5.74) is 1.70. The summed E-state index contributed by atoms with van der Waals surface area (Å²) in [6, 6.07) is 7.83. The maximum Gasteiger partial charge on any atom is 0.206 e. The van der Waals surface area contributed by atoms with Gasteiger partial charge in [0, 0.05) is 34.8 Å². The van der Waals surface area contributed by atoms with Gasteiger partial charge in [-0.1, -0.05) is 32.0 Å². The highest BCUT2D eigenvalue weighted by atomic mass is 32.1. The number of benzene rings is 1. The van der Waals surface area contributed by atoms with Crippen molar-refractivity contribution in [2.75, 3.05) is 0 Å². The second kappa shape index (κ2) is 4.63. The van der Waals surface area contributed by atoms with Crippen LogP contribution in [0, 0.1) is 0 Å². The number of hydrogen-bond acceptors (Lipinski definition) is 3. The molecule has 0 amide bonds. The molecule has 0 atom stereocenters. The molecule has 0 aliphatic carbocycles. The molecule has 1 N–H and O–H groups in total. The summed E-state index contributed by atoms with van der Waals surface area (Å²) >= 11 is 1.48. The molecular formula is C15H14N2OS. The standard InChI is InChI=1S/C15H14N2OS/c1-9(2)15-17-8-13(19-15)14(18)11-7-16-12-6-4-3-5-10(11)12/h3-9,16H,1-2H3. The van der Waals surface area contributed by atoms with Crippen molar-refractivity contribution in [3.63, 3.8) is 0 Å². The highest BCUT2D eigenvalue weighted by molar-refractivity contribution is 7.14. The summed E-state index contributed by atoms with van der Waals surface area (Å²) < 4.78 is 0. The minimum absolute atomic E-state index is 0.0434. The quantitative estimate of drug-likeness (QED) is 0.732. The van der Waals surface area contributed by atoms with Gasteiger partial charge in [-0.3, -0.25) is 4.79 Å². The van der Waals surface area contributed by atoms with Crippen molar-refractivity contribution in [1.29, 1.82) is 0 Å². The van der Waals surface area contributed by atoms with Gasteiger partial charge in [-0.05, 0) is 6.07 Å². The van der Waals surface area contributed by atoms with Crippen LogP contribution in [0.1, 0.15) is 40.0 Å². The van der Waals surface area contributed by atoms with E-state index in [9.17, 15) is 4.79 Å². The highest BCUT2D eigenvalue weighted by Gasteiger charge is 2.17. The zero-order chi connectivity index (χ0) is 13.4. The van der Waals surface area contributed by atoms with Crippen LogP contribution in [-0.4, -0.2) is 15.8 Å². The summed E-state index contributed by atoms with van der Waals surface area (Å²) in [5, 5.41) is 1.97. The van der Waals surface area contributed by atoms with E-state index in [2.05, 4.69) is 23.8 Å². The second-order valence-electron chi connectivity index (χ2n) is 4.79. The van der Waals surface area contributed by atoms with Crippen molar-refractivity contribution in [2.24, 2.45) is 0 Å². The monoisotopic (exact) mass is 270 g/mol. The van der Waals surface area contributed by atoms with Crippen molar-refractivity contribution in [3.05, 3.63) is 52.1 Å². The van der Waals surface area contributed by atoms with Gasteiger partial charge in [0.15, 0.2) is 0 Å². The fourth-order valence-electron chi connectivity index (χ4n) is 2.05. The van der Waals surface area contributed by atoms with E-state index in [4.69, 9.17) is 0 Å². The molecule has 0 radical (unpaired) electrons. The van der Waals surface area contributed by atoms with Gasteiger partial charge >= 0.3 is 0 Å². The van der Waals surface area contributed by atoms with Gasteiger partial charge < -0.3 is 4.98 Å². The maximum absolute atomic E-state index is 12.5. The molecule has 3 nitrogen and oxygen atoms in total. The van der Waals surface area contributed by atoms with E-state index in [0.717, 1.165) is 21.5 Å². The van der Waals surface area contributed by atoms with Crippen molar-refractivity contribution >= 4 is 28.0 Å². The molecule has 2 heterocycles. The Labute approximate surface area is 115 Å². The largest absolute Gasteiger partial charge is 0.360 e. The molecule has 3 rings (SSSR count). The molecule has 0 aliphatic heterocycles. The third-order valence-electron chi connectivity index (χ3n) is 3.08. The van der Waals surface area contributed by atoms with Crippen LogP contribution in [0.4, 0.5) is 0 Å². The molecule has 0 bridgehead atoms. The number of ketones is 1. The van der Waals surface area contributed by atoms with E-state index in [1.54, 1.807) is 12.4 Å². The normalized spacial score (nSPS) is 11.3. The molecule has 0 fully saturated rings. The molecule has 0 spiro atoms. The number of nitrogens with one attached hydrogen (secondary N) is 1. The van der Waals surface area contributed by atoms with E-state index < -0.39 is 0 Å². The lowest BCUT2D eigenvalue weighted by atomic mass is 10.1. The first-order chi connectivity index (χ1) is 9.16. The van der Waals surface area contributed by atoms with Gasteiger partial charge in [0.05, 0.1) is 9.88 Å². The van der Waals surface area contributed by atoms with Crippen LogP contribution >= 0.6 is 11.3 Å². The van der Waals surface area contributed by atoms with Crippen molar-refractivity contribution < 1.29 is 4.79 Å². The molecule has 0 saturated heterocycles. The van der Waals surface area contributed by atoms with Gasteiger partial charge in [0.2, 0.25) is 5.78 Å². The number of hydrogen-bond donors (Lipinski definition) is 1. The zero-order valence-corrected chi connectivity index (χ0v) is 11.6. The molecule has 96 valence electrons. The summed E-state index contributed by atoms with van der Waals surface area (Å²) in [6.45, 7) is 4.16. The average molecular weight is 270 g/mol. The number of rotatable bonds is 3. The minimum Gasteiger partial charge on any atom is -0.360 e. The lowest BCUT2D eigenvalue weighted by Gasteiger charge is -1.97. The van der Waals surface area contributed by atoms with E-state index in [0.29, 0.717) is 10.8 Å². The topological polar surface area (TPSA) is 45.8 Å². The predicted octanol–water partition coefficient (Wildman–Crippen LogP) is 3.98. The Balaban J connectivity index is 2.03. The van der Waals surface area contributed by atoms with Crippen molar-refractivity contribution in [1.82, 2.24) is 9.97 Å². The van der Waals surface area contributed by atoms with Gasteiger partial charge in [0.25, 0.3) is 0 Å². The number of fused-ring (bicyclic) bond motifs is 1. The summed E-state index contributed by atoms with van der Waals surface area (Å²) in [6.07, 6.45) is 3.46. The van der Waals surface area contributed by atoms with E-state index >= 15 is 0 Å². The Morgan fingerprint density at radius 1 is 1.32 bits per heavy atom. The van der Waals surface area contributed by atoms with Crippen LogP contribution in [0.15, 0.2) is 36.7 Å². The van der Waals surface area contributed by atoms with E-state index in [-0.39, 0.29) is 5.78 Å². The fourth-order valence-corrected chi connectivity index (χ4v) is 2.93. The number of aromatic nitrogens is 2. The van der Waals surface area contributed by atoms with Crippen LogP contribution in [0.3, 0.4) is 0 Å². The number of thiazole rings is 1. The van der Waals surface area contributed by atoms with Gasteiger partial charge in [0.1, 0.15) is 0 Å². The molecule has 0 aliphatic rings. The van der Waals surface area contributed by atoms with Crippen molar-refractivity contribution in [3.8, 4) is 0 Å². The van der Waals surface area contributed by atoms with Gasteiger partial charge in [-0.2, -0.15) is 0 Å². The Bertz CT molecular complexity index is 739. The molecular weight excluding hydrogens is 256 g/mol. The van der Waals surface area contributed by atoms with E-state index in [1.807, 2.05) is 24.3 Å². The lowest BCUT2D eigenvalue weighted by Crippen LogP contribution is -1.96. The maximum atomic E-state index is 12.5. The Morgan fingerprint density at radius 2 is 2.11 bits per heavy atom. The number of aromatic amines is 1. The van der Waals surface area contributed by atoms with E-state index in [1.165, 1.54) is 11.3 Å². The first-order valence-corrected chi connectivity index (χ1v) is 7.05. The van der Waals surface area contributed by atoms with Crippen LogP contribution in [0.5, 0.6) is 0 Å². The average Bonchev–Trinajstić information content (AvgIpc) is 3.05. The highest BCUT2D eigenvalue weighted by Crippen LogP contribution is 2.26. The first-order valence-electron chi connectivity index (χ1n) is 6.23. The third kappa shape index (κ3) is 2.08. The number of carbonyl (C=O) groups is 1. The molecule has 4 heteroatoms. The van der Waals surface area contributed by atoms with Crippen LogP contribution in [-0.2, 0) is 0 Å². The third-order valence-corrected chi connectivity index (χ3v) is 4.37. The Kier molecular flexibility index (Phi) is 2.95. The molecule has 2 aromatic heterocycles. The van der Waals surface area contributed by atoms with Crippen molar-refractivity contribution in [2.45, 2.75) is 19.8 Å². The molecule has 19 heavy (non-hydrogen) atoms. The first kappa shape index (κ1) is 12.1. The molecule has 0 saturated carbocycles.